The number of piperidine rings is 1. The summed E-state index contributed by atoms with van der Waals surface area (Å²) in [7, 11) is 0. The third-order valence-electron chi connectivity index (χ3n) is 5.09. The standard InChI is InChI=1S/C18H23FN4O2/c19-15-8-13(9-20)3-4-16(15)23-7-1-2-14(10-23)22-17(25)21-11-18(12-24)5-6-18/h3-4,8,14,24H,1-2,5-7,10-12H2,(H2,21,22,25). The van der Waals surface area contributed by atoms with Crippen LogP contribution in [0.2, 0.25) is 0 Å². The highest BCUT2D eigenvalue weighted by molar-refractivity contribution is 5.74. The van der Waals surface area contributed by atoms with Gasteiger partial charge in [0, 0.05) is 31.1 Å². The minimum Gasteiger partial charge on any atom is -0.396 e. The van der Waals surface area contributed by atoms with Crippen molar-refractivity contribution in [3.8, 4) is 6.07 Å². The molecule has 1 aromatic rings. The minimum absolute atomic E-state index is 0.0620. The molecule has 0 aromatic heterocycles. The van der Waals surface area contributed by atoms with E-state index < -0.39 is 5.82 Å². The number of halogens is 1. The molecule has 134 valence electrons. The molecule has 1 aliphatic heterocycles. The summed E-state index contributed by atoms with van der Waals surface area (Å²) in [6, 6.07) is 6.08. The van der Waals surface area contributed by atoms with Crippen molar-refractivity contribution in [3.63, 3.8) is 0 Å². The number of carbonyl (C=O) groups excluding carboxylic acids is 1. The van der Waals surface area contributed by atoms with Crippen LogP contribution in [0.5, 0.6) is 0 Å². The Labute approximate surface area is 146 Å². The average Bonchev–Trinajstić information content (AvgIpc) is 3.41. The predicted octanol–water partition coefficient (Wildman–Crippen LogP) is 1.74. The first-order valence-corrected chi connectivity index (χ1v) is 8.65. The third kappa shape index (κ3) is 4.20. The number of rotatable bonds is 5. The lowest BCUT2D eigenvalue weighted by Gasteiger charge is -2.35. The molecule has 25 heavy (non-hydrogen) atoms. The molecule has 0 bridgehead atoms. The molecule has 1 aliphatic carbocycles. The SMILES string of the molecule is N#Cc1ccc(N2CCCC(NC(=O)NCC3(CO)CC3)C2)c(F)c1. The molecule has 7 heteroatoms. The van der Waals surface area contributed by atoms with Gasteiger partial charge in [0.25, 0.3) is 0 Å². The Morgan fingerprint density at radius 2 is 2.28 bits per heavy atom. The van der Waals surface area contributed by atoms with Crippen LogP contribution in [0.25, 0.3) is 0 Å². The number of aliphatic hydroxyl groups is 1. The van der Waals surface area contributed by atoms with Crippen LogP contribution in [0.4, 0.5) is 14.9 Å². The van der Waals surface area contributed by atoms with E-state index >= 15 is 0 Å². The Balaban J connectivity index is 1.54. The normalized spacial score (nSPS) is 21.3. The fourth-order valence-electron chi connectivity index (χ4n) is 3.22. The summed E-state index contributed by atoms with van der Waals surface area (Å²) in [6.07, 6.45) is 3.58. The first kappa shape index (κ1) is 17.5. The molecule has 3 rings (SSSR count). The van der Waals surface area contributed by atoms with E-state index in [4.69, 9.17) is 5.26 Å². The Morgan fingerprint density at radius 1 is 1.48 bits per heavy atom. The van der Waals surface area contributed by atoms with Crippen LogP contribution in [0.1, 0.15) is 31.2 Å². The van der Waals surface area contributed by atoms with Gasteiger partial charge in [-0.3, -0.25) is 0 Å². The maximum atomic E-state index is 14.2. The fourth-order valence-corrected chi connectivity index (χ4v) is 3.22. The molecule has 0 spiro atoms. The molecule has 3 N–H and O–H groups in total. The van der Waals surface area contributed by atoms with Crippen molar-refractivity contribution in [2.24, 2.45) is 5.41 Å². The largest absolute Gasteiger partial charge is 0.396 e. The third-order valence-corrected chi connectivity index (χ3v) is 5.09. The minimum atomic E-state index is -0.414. The molecular formula is C18H23FN4O2. The quantitative estimate of drug-likeness (QED) is 0.758. The van der Waals surface area contributed by atoms with Gasteiger partial charge in [0.15, 0.2) is 0 Å². The summed E-state index contributed by atoms with van der Waals surface area (Å²) in [5, 5.41) is 23.9. The highest BCUT2D eigenvalue weighted by Crippen LogP contribution is 2.44. The van der Waals surface area contributed by atoms with Crippen molar-refractivity contribution in [1.29, 1.82) is 5.26 Å². The first-order valence-electron chi connectivity index (χ1n) is 8.65. The lowest BCUT2D eigenvalue weighted by Crippen LogP contribution is -2.51. The number of nitrogens with one attached hydrogen (secondary N) is 2. The van der Waals surface area contributed by atoms with E-state index in [-0.39, 0.29) is 24.1 Å². The highest BCUT2D eigenvalue weighted by atomic mass is 19.1. The van der Waals surface area contributed by atoms with Gasteiger partial charge in [-0.2, -0.15) is 5.26 Å². The molecular weight excluding hydrogens is 323 g/mol. The van der Waals surface area contributed by atoms with Gasteiger partial charge in [0.1, 0.15) is 5.82 Å². The first-order chi connectivity index (χ1) is 12.0. The Bertz CT molecular complexity index is 684. The van der Waals surface area contributed by atoms with Crippen molar-refractivity contribution in [2.75, 3.05) is 31.1 Å². The number of anilines is 1. The molecule has 2 fully saturated rings. The van der Waals surface area contributed by atoms with E-state index in [9.17, 15) is 14.3 Å². The molecule has 1 saturated heterocycles. The monoisotopic (exact) mass is 346 g/mol. The van der Waals surface area contributed by atoms with E-state index in [2.05, 4.69) is 10.6 Å². The predicted molar refractivity (Wildman–Crippen MR) is 91.6 cm³/mol. The molecule has 0 radical (unpaired) electrons. The number of carbonyl (C=O) groups is 1. The number of amides is 2. The molecule has 1 aromatic carbocycles. The summed E-state index contributed by atoms with van der Waals surface area (Å²) in [5.74, 6) is -0.414. The van der Waals surface area contributed by atoms with Crippen molar-refractivity contribution >= 4 is 11.7 Å². The Morgan fingerprint density at radius 3 is 2.92 bits per heavy atom. The van der Waals surface area contributed by atoms with Crippen LogP contribution in [0.3, 0.4) is 0 Å². The van der Waals surface area contributed by atoms with Gasteiger partial charge in [0.05, 0.1) is 23.9 Å². The van der Waals surface area contributed by atoms with Crippen LogP contribution in [0, 0.1) is 22.6 Å². The number of hydrogen-bond acceptors (Lipinski definition) is 4. The van der Waals surface area contributed by atoms with Gasteiger partial charge in [-0.1, -0.05) is 0 Å². The highest BCUT2D eigenvalue weighted by Gasteiger charge is 2.42. The molecule has 1 unspecified atom stereocenters. The molecule has 1 heterocycles. The van der Waals surface area contributed by atoms with Gasteiger partial charge in [-0.25, -0.2) is 9.18 Å². The summed E-state index contributed by atoms with van der Waals surface area (Å²) >= 11 is 0. The van der Waals surface area contributed by atoms with Crippen molar-refractivity contribution in [3.05, 3.63) is 29.6 Å². The zero-order valence-electron chi connectivity index (χ0n) is 14.1. The molecule has 2 aliphatic rings. The van der Waals surface area contributed by atoms with Gasteiger partial charge >= 0.3 is 6.03 Å². The Hall–Kier alpha value is -2.33. The van der Waals surface area contributed by atoms with Crippen LogP contribution in [0.15, 0.2) is 18.2 Å². The molecule has 6 nitrogen and oxygen atoms in total. The number of nitrogens with zero attached hydrogens (tertiary/aromatic N) is 2. The number of aliphatic hydroxyl groups excluding tert-OH is 1. The number of urea groups is 1. The van der Waals surface area contributed by atoms with Crippen molar-refractivity contribution < 1.29 is 14.3 Å². The summed E-state index contributed by atoms with van der Waals surface area (Å²) in [6.45, 7) is 1.83. The van der Waals surface area contributed by atoms with E-state index in [1.165, 1.54) is 6.07 Å². The second-order valence-corrected chi connectivity index (χ2v) is 7.05. The summed E-state index contributed by atoms with van der Waals surface area (Å²) in [4.78, 5) is 14.0. The Kier molecular flexibility index (Phi) is 5.09. The van der Waals surface area contributed by atoms with Crippen LogP contribution in [-0.4, -0.2) is 43.4 Å². The summed E-state index contributed by atoms with van der Waals surface area (Å²) in [5.41, 5.74) is 0.634. The molecule has 1 saturated carbocycles. The average molecular weight is 346 g/mol. The van der Waals surface area contributed by atoms with Crippen molar-refractivity contribution in [1.82, 2.24) is 10.6 Å². The van der Waals surface area contributed by atoms with Gasteiger partial charge in [-0.05, 0) is 43.9 Å². The molecule has 2 amide bonds. The van der Waals surface area contributed by atoms with E-state index in [0.717, 1.165) is 32.2 Å². The van der Waals surface area contributed by atoms with Gasteiger partial charge < -0.3 is 20.6 Å². The number of benzene rings is 1. The fraction of sp³-hybridized carbons (Fsp3) is 0.556. The van der Waals surface area contributed by atoms with Gasteiger partial charge in [-0.15, -0.1) is 0 Å². The number of hydrogen-bond donors (Lipinski definition) is 3. The lowest BCUT2D eigenvalue weighted by atomic mass is 10.0. The van der Waals surface area contributed by atoms with Gasteiger partial charge in [0.2, 0.25) is 0 Å². The zero-order valence-corrected chi connectivity index (χ0v) is 14.1. The van der Waals surface area contributed by atoms with E-state index in [1.807, 2.05) is 11.0 Å². The zero-order chi connectivity index (χ0) is 17.9. The van der Waals surface area contributed by atoms with Crippen LogP contribution in [-0.2, 0) is 0 Å². The van der Waals surface area contributed by atoms with E-state index in [0.29, 0.717) is 24.3 Å². The van der Waals surface area contributed by atoms with Crippen LogP contribution >= 0.6 is 0 Å². The second-order valence-electron chi connectivity index (χ2n) is 7.05. The van der Waals surface area contributed by atoms with Crippen LogP contribution < -0.4 is 15.5 Å². The summed E-state index contributed by atoms with van der Waals surface area (Å²) < 4.78 is 14.2. The van der Waals surface area contributed by atoms with E-state index in [1.54, 1.807) is 12.1 Å². The second kappa shape index (κ2) is 7.28. The molecule has 1 atom stereocenters. The lowest BCUT2D eigenvalue weighted by molar-refractivity contribution is 0.201. The maximum absolute atomic E-state index is 14.2. The topological polar surface area (TPSA) is 88.4 Å². The smallest absolute Gasteiger partial charge is 0.315 e. The number of nitriles is 1. The van der Waals surface area contributed by atoms with Crippen molar-refractivity contribution in [2.45, 2.75) is 31.7 Å². The maximum Gasteiger partial charge on any atom is 0.315 e.